The first-order valence-corrected chi connectivity index (χ1v) is 6.75. The molecule has 0 bridgehead atoms. The van der Waals surface area contributed by atoms with E-state index in [0.717, 1.165) is 24.9 Å². The van der Waals surface area contributed by atoms with Crippen LogP contribution >= 0.6 is 0 Å². The monoisotopic (exact) mass is 273 g/mol. The number of amides is 2. The highest BCUT2D eigenvalue weighted by Crippen LogP contribution is 2.07. The number of aryl methyl sites for hydroxylation is 1. The van der Waals surface area contributed by atoms with Crippen molar-refractivity contribution in [3.05, 3.63) is 42.4 Å². The fourth-order valence-corrected chi connectivity index (χ4v) is 1.77. The molecule has 0 aliphatic heterocycles. The van der Waals surface area contributed by atoms with Gasteiger partial charge < -0.3 is 5.32 Å². The van der Waals surface area contributed by atoms with E-state index in [1.165, 1.54) is 0 Å². The predicted molar refractivity (Wildman–Crippen MR) is 77.2 cm³/mol. The fraction of sp³-hybridized carbons (Fsp3) is 0.357. The first-order chi connectivity index (χ1) is 9.79. The SMILES string of the molecule is CCCCn1nccc1NC(=O)NCc1cccnc1. The van der Waals surface area contributed by atoms with E-state index in [4.69, 9.17) is 0 Å². The smallest absolute Gasteiger partial charge is 0.320 e. The summed E-state index contributed by atoms with van der Waals surface area (Å²) in [6, 6.07) is 5.31. The van der Waals surface area contributed by atoms with Crippen LogP contribution in [0.25, 0.3) is 0 Å². The molecule has 0 aliphatic carbocycles. The van der Waals surface area contributed by atoms with Crippen LogP contribution in [0, 0.1) is 0 Å². The number of hydrogen-bond donors (Lipinski definition) is 2. The average Bonchev–Trinajstić information content (AvgIpc) is 2.91. The number of unbranched alkanes of at least 4 members (excludes halogenated alkanes) is 1. The second-order valence-corrected chi connectivity index (χ2v) is 4.46. The van der Waals surface area contributed by atoms with E-state index in [1.54, 1.807) is 29.3 Å². The van der Waals surface area contributed by atoms with Crippen molar-refractivity contribution in [3.8, 4) is 0 Å². The molecule has 106 valence electrons. The topological polar surface area (TPSA) is 71.8 Å². The zero-order chi connectivity index (χ0) is 14.2. The molecule has 0 atom stereocenters. The van der Waals surface area contributed by atoms with Crippen molar-refractivity contribution in [1.29, 1.82) is 0 Å². The molecule has 0 saturated carbocycles. The van der Waals surface area contributed by atoms with Crippen molar-refractivity contribution in [1.82, 2.24) is 20.1 Å². The molecule has 0 unspecified atom stereocenters. The van der Waals surface area contributed by atoms with Crippen LogP contribution in [0.15, 0.2) is 36.8 Å². The highest BCUT2D eigenvalue weighted by atomic mass is 16.2. The van der Waals surface area contributed by atoms with Crippen LogP contribution in [-0.2, 0) is 13.1 Å². The lowest BCUT2D eigenvalue weighted by molar-refractivity contribution is 0.251. The third-order valence-electron chi connectivity index (χ3n) is 2.86. The molecular formula is C14H19N5O. The van der Waals surface area contributed by atoms with Crippen LogP contribution in [0.3, 0.4) is 0 Å². The fourth-order valence-electron chi connectivity index (χ4n) is 1.77. The maximum atomic E-state index is 11.8. The summed E-state index contributed by atoms with van der Waals surface area (Å²) in [5.74, 6) is 0.710. The quantitative estimate of drug-likeness (QED) is 0.849. The molecule has 0 aromatic carbocycles. The van der Waals surface area contributed by atoms with Gasteiger partial charge in [-0.05, 0) is 18.1 Å². The molecule has 6 heteroatoms. The Morgan fingerprint density at radius 2 is 2.25 bits per heavy atom. The molecule has 0 fully saturated rings. The molecule has 0 radical (unpaired) electrons. The maximum absolute atomic E-state index is 11.8. The second-order valence-electron chi connectivity index (χ2n) is 4.46. The molecule has 20 heavy (non-hydrogen) atoms. The van der Waals surface area contributed by atoms with E-state index in [2.05, 4.69) is 27.6 Å². The molecular weight excluding hydrogens is 254 g/mol. The average molecular weight is 273 g/mol. The minimum absolute atomic E-state index is 0.243. The first-order valence-electron chi connectivity index (χ1n) is 6.75. The van der Waals surface area contributed by atoms with Gasteiger partial charge in [0.1, 0.15) is 5.82 Å². The van der Waals surface area contributed by atoms with Crippen molar-refractivity contribution in [2.75, 3.05) is 5.32 Å². The number of anilines is 1. The van der Waals surface area contributed by atoms with Gasteiger partial charge in [0.15, 0.2) is 0 Å². The van der Waals surface area contributed by atoms with E-state index in [0.29, 0.717) is 12.4 Å². The first kappa shape index (κ1) is 14.0. The zero-order valence-corrected chi connectivity index (χ0v) is 11.5. The molecule has 2 amide bonds. The van der Waals surface area contributed by atoms with Crippen molar-refractivity contribution in [3.63, 3.8) is 0 Å². The van der Waals surface area contributed by atoms with Crippen molar-refractivity contribution in [2.45, 2.75) is 32.9 Å². The minimum atomic E-state index is -0.243. The molecule has 0 saturated heterocycles. The molecule has 2 N–H and O–H groups in total. The van der Waals surface area contributed by atoms with Gasteiger partial charge in [0.05, 0.1) is 6.20 Å². The molecule has 2 rings (SSSR count). The van der Waals surface area contributed by atoms with Gasteiger partial charge in [-0.2, -0.15) is 5.10 Å². The lowest BCUT2D eigenvalue weighted by Crippen LogP contribution is -2.29. The Morgan fingerprint density at radius 1 is 1.35 bits per heavy atom. The van der Waals surface area contributed by atoms with Crippen molar-refractivity contribution < 1.29 is 4.79 Å². The summed E-state index contributed by atoms with van der Waals surface area (Å²) >= 11 is 0. The van der Waals surface area contributed by atoms with Crippen molar-refractivity contribution in [2.24, 2.45) is 0 Å². The third-order valence-corrected chi connectivity index (χ3v) is 2.86. The van der Waals surface area contributed by atoms with Gasteiger partial charge in [0.25, 0.3) is 0 Å². The lowest BCUT2D eigenvalue weighted by Gasteiger charge is -2.09. The van der Waals surface area contributed by atoms with Crippen molar-refractivity contribution >= 4 is 11.8 Å². The summed E-state index contributed by atoms with van der Waals surface area (Å²) in [5.41, 5.74) is 0.960. The number of nitrogens with one attached hydrogen (secondary N) is 2. The summed E-state index contributed by atoms with van der Waals surface area (Å²) in [6.07, 6.45) is 7.24. The Kier molecular flexibility index (Phi) is 5.11. The van der Waals surface area contributed by atoms with Gasteiger partial charge in [0, 0.05) is 31.5 Å². The van der Waals surface area contributed by atoms with Gasteiger partial charge >= 0.3 is 6.03 Å². The highest BCUT2D eigenvalue weighted by molar-refractivity contribution is 5.88. The van der Waals surface area contributed by atoms with Crippen LogP contribution < -0.4 is 10.6 Å². The number of hydrogen-bond acceptors (Lipinski definition) is 3. The Morgan fingerprint density at radius 3 is 3.00 bits per heavy atom. The van der Waals surface area contributed by atoms with Gasteiger partial charge in [-0.1, -0.05) is 19.4 Å². The van der Waals surface area contributed by atoms with Crippen LogP contribution in [-0.4, -0.2) is 20.8 Å². The van der Waals surface area contributed by atoms with Crippen LogP contribution in [0.1, 0.15) is 25.3 Å². The predicted octanol–water partition coefficient (Wildman–Crippen LogP) is 2.40. The van der Waals surface area contributed by atoms with Gasteiger partial charge in [-0.25, -0.2) is 9.48 Å². The highest BCUT2D eigenvalue weighted by Gasteiger charge is 2.06. The maximum Gasteiger partial charge on any atom is 0.320 e. The molecule has 2 heterocycles. The molecule has 6 nitrogen and oxygen atoms in total. The largest absolute Gasteiger partial charge is 0.334 e. The Balaban J connectivity index is 1.84. The Bertz CT molecular complexity index is 538. The number of carbonyl (C=O) groups excluding carboxylic acids is 1. The summed E-state index contributed by atoms with van der Waals surface area (Å²) < 4.78 is 1.80. The zero-order valence-electron chi connectivity index (χ0n) is 11.5. The standard InChI is InChI=1S/C14H19N5O/c1-2-3-9-19-13(6-8-17-19)18-14(20)16-11-12-5-4-7-15-10-12/h4-8,10H,2-3,9,11H2,1H3,(H2,16,18,20). The van der Waals surface area contributed by atoms with Gasteiger partial charge in [-0.15, -0.1) is 0 Å². The van der Waals surface area contributed by atoms with E-state index in [9.17, 15) is 4.79 Å². The summed E-state index contributed by atoms with van der Waals surface area (Å²) in [6.45, 7) is 3.38. The van der Waals surface area contributed by atoms with Crippen LogP contribution in [0.4, 0.5) is 10.6 Å². The lowest BCUT2D eigenvalue weighted by atomic mass is 10.3. The van der Waals surface area contributed by atoms with E-state index in [1.807, 2.05) is 12.1 Å². The number of pyridine rings is 1. The van der Waals surface area contributed by atoms with Gasteiger partial charge in [0.2, 0.25) is 0 Å². The summed E-state index contributed by atoms with van der Waals surface area (Å²) in [5, 5.41) is 9.78. The number of rotatable bonds is 6. The second kappa shape index (κ2) is 7.28. The molecule has 0 aliphatic rings. The van der Waals surface area contributed by atoms with E-state index in [-0.39, 0.29) is 6.03 Å². The van der Waals surface area contributed by atoms with E-state index >= 15 is 0 Å². The summed E-state index contributed by atoms with van der Waals surface area (Å²) in [7, 11) is 0. The minimum Gasteiger partial charge on any atom is -0.334 e. The molecule has 0 spiro atoms. The number of nitrogens with zero attached hydrogens (tertiary/aromatic N) is 3. The van der Waals surface area contributed by atoms with Crippen LogP contribution in [0.5, 0.6) is 0 Å². The van der Waals surface area contributed by atoms with E-state index < -0.39 is 0 Å². The Labute approximate surface area is 118 Å². The number of urea groups is 1. The normalized spacial score (nSPS) is 10.2. The molecule has 2 aromatic rings. The number of carbonyl (C=O) groups is 1. The number of aromatic nitrogens is 3. The Hall–Kier alpha value is -2.37. The van der Waals surface area contributed by atoms with Gasteiger partial charge in [-0.3, -0.25) is 10.3 Å². The summed E-state index contributed by atoms with van der Waals surface area (Å²) in [4.78, 5) is 15.8. The van der Waals surface area contributed by atoms with Crippen LogP contribution in [0.2, 0.25) is 0 Å². The molecule has 2 aromatic heterocycles. The third kappa shape index (κ3) is 4.08.